The van der Waals surface area contributed by atoms with Crippen LogP contribution in [0.2, 0.25) is 0 Å². The summed E-state index contributed by atoms with van der Waals surface area (Å²) in [5, 5.41) is 0. The number of Topliss-reactive ketones (excluding diaryl/α,β-unsaturated/α-hetero) is 1. The maximum Gasteiger partial charge on any atom is 0.190 e. The number of nitrogens with zero attached hydrogens (tertiary/aromatic N) is 1. The summed E-state index contributed by atoms with van der Waals surface area (Å²) in [6.45, 7) is 8.71. The number of anilines is 2. The van der Waals surface area contributed by atoms with Crippen LogP contribution in [0.25, 0.3) is 0 Å². The Morgan fingerprint density at radius 2 is 1.50 bits per heavy atom. The van der Waals surface area contributed by atoms with Crippen molar-refractivity contribution in [3.05, 3.63) is 118 Å². The van der Waals surface area contributed by atoms with Crippen LogP contribution in [-0.2, 0) is 15.0 Å². The van der Waals surface area contributed by atoms with Crippen LogP contribution in [0.4, 0.5) is 11.4 Å². The summed E-state index contributed by atoms with van der Waals surface area (Å²) in [6.07, 6.45) is 6.23. The van der Waals surface area contributed by atoms with Gasteiger partial charge in [0, 0.05) is 44.8 Å². The van der Waals surface area contributed by atoms with Crippen molar-refractivity contribution < 1.29 is 9.59 Å². The number of rotatable bonds is 1. The predicted molar refractivity (Wildman–Crippen MR) is 127 cm³/mol. The first kappa shape index (κ1) is 19.0. The van der Waals surface area contributed by atoms with E-state index >= 15 is 0 Å². The van der Waals surface area contributed by atoms with Crippen LogP contribution in [0.3, 0.4) is 0 Å². The molecule has 3 heteroatoms. The third-order valence-corrected chi connectivity index (χ3v) is 7.26. The molecule has 0 atom stereocenters. The van der Waals surface area contributed by atoms with E-state index < -0.39 is 0 Å². The summed E-state index contributed by atoms with van der Waals surface area (Å²) in [4.78, 5) is 28.7. The molecular weight excluding hydrogens is 394 g/mol. The topological polar surface area (TPSA) is 37.4 Å². The Kier molecular flexibility index (Phi) is 3.80. The van der Waals surface area contributed by atoms with Crippen LogP contribution in [0.5, 0.6) is 0 Å². The molecule has 2 aromatic rings. The molecule has 0 N–H and O–H groups in total. The highest BCUT2D eigenvalue weighted by molar-refractivity contribution is 6.23. The third-order valence-electron chi connectivity index (χ3n) is 7.26. The van der Waals surface area contributed by atoms with E-state index in [0.29, 0.717) is 29.6 Å². The molecule has 0 unspecified atom stereocenters. The molecule has 0 radical (unpaired) electrons. The van der Waals surface area contributed by atoms with Gasteiger partial charge in [0.25, 0.3) is 0 Å². The van der Waals surface area contributed by atoms with Crippen LogP contribution >= 0.6 is 0 Å². The maximum atomic E-state index is 13.4. The highest BCUT2D eigenvalue weighted by atomic mass is 16.1. The number of carbonyl (C=O) groups is 2. The minimum atomic E-state index is -0.165. The fraction of sp³-hybridized carbons (Fsp3) is 0.172. The Balaban J connectivity index is 1.69. The number of fused-ring (bicyclic) bond motifs is 3. The van der Waals surface area contributed by atoms with E-state index in [1.54, 1.807) is 18.2 Å². The van der Waals surface area contributed by atoms with Crippen molar-refractivity contribution in [2.24, 2.45) is 0 Å². The van der Waals surface area contributed by atoms with Crippen LogP contribution in [-0.4, -0.2) is 11.6 Å². The molecule has 156 valence electrons. The zero-order valence-electron chi connectivity index (χ0n) is 18.2. The van der Waals surface area contributed by atoms with Gasteiger partial charge in [-0.3, -0.25) is 9.59 Å². The maximum absolute atomic E-state index is 13.4. The second-order valence-corrected chi connectivity index (χ2v) is 9.28. The average molecular weight is 418 g/mol. The lowest BCUT2D eigenvalue weighted by atomic mass is 9.73. The fourth-order valence-electron chi connectivity index (χ4n) is 5.72. The molecule has 1 heterocycles. The molecule has 0 saturated carbocycles. The Bertz CT molecular complexity index is 1340. The van der Waals surface area contributed by atoms with Gasteiger partial charge < -0.3 is 4.90 Å². The van der Waals surface area contributed by atoms with Crippen LogP contribution in [0, 0.1) is 0 Å². The van der Waals surface area contributed by atoms with Gasteiger partial charge in [-0.15, -0.1) is 0 Å². The van der Waals surface area contributed by atoms with E-state index in [2.05, 4.69) is 61.7 Å². The standard InChI is InChI=1S/C29H23NO2/c1-17-18-9-8-14-25(31)27-24(16-15-19(26(17)27)28(18)32)30-22-12-6-4-10-20(22)29(2,3)21-11-5-7-13-23(21)30/h4-14H,1,15-16H2,2-3H3/b14-8-,18-9?. The zero-order valence-corrected chi connectivity index (χ0v) is 18.2. The van der Waals surface area contributed by atoms with E-state index in [4.69, 9.17) is 0 Å². The Hall–Kier alpha value is -3.72. The number of hydrogen-bond acceptors (Lipinski definition) is 3. The molecule has 0 spiro atoms. The molecule has 1 aliphatic heterocycles. The van der Waals surface area contributed by atoms with Crippen molar-refractivity contribution >= 4 is 22.9 Å². The lowest BCUT2D eigenvalue weighted by Gasteiger charge is -2.44. The molecule has 3 aliphatic carbocycles. The molecule has 32 heavy (non-hydrogen) atoms. The van der Waals surface area contributed by atoms with Crippen molar-refractivity contribution in [1.82, 2.24) is 0 Å². The van der Waals surface area contributed by atoms with Crippen LogP contribution < -0.4 is 4.90 Å². The number of allylic oxidation sites excluding steroid dienone is 9. The highest BCUT2D eigenvalue weighted by Crippen LogP contribution is 2.53. The van der Waals surface area contributed by atoms with Crippen LogP contribution in [0.15, 0.2) is 107 Å². The largest absolute Gasteiger partial charge is 0.313 e. The summed E-state index contributed by atoms with van der Waals surface area (Å²) in [5.41, 5.74) is 8.80. The molecule has 0 fully saturated rings. The fourth-order valence-corrected chi connectivity index (χ4v) is 5.72. The van der Waals surface area contributed by atoms with Gasteiger partial charge >= 0.3 is 0 Å². The molecule has 2 aromatic carbocycles. The van der Waals surface area contributed by atoms with Gasteiger partial charge in [-0.05, 0) is 47.8 Å². The molecule has 3 nitrogen and oxygen atoms in total. The quantitative estimate of drug-likeness (QED) is 0.570. The van der Waals surface area contributed by atoms with Crippen LogP contribution in [0.1, 0.15) is 37.8 Å². The summed E-state index contributed by atoms with van der Waals surface area (Å²) in [5.74, 6) is -0.0559. The minimum Gasteiger partial charge on any atom is -0.313 e. The highest BCUT2D eigenvalue weighted by Gasteiger charge is 2.43. The van der Waals surface area contributed by atoms with Crippen molar-refractivity contribution in [2.45, 2.75) is 32.1 Å². The van der Waals surface area contributed by atoms with Gasteiger partial charge in [0.05, 0.1) is 0 Å². The van der Waals surface area contributed by atoms with Gasteiger partial charge in [0.15, 0.2) is 11.6 Å². The van der Waals surface area contributed by atoms with Gasteiger partial charge in [-0.25, -0.2) is 0 Å². The molecular formula is C29H23NO2. The summed E-state index contributed by atoms with van der Waals surface area (Å²) >= 11 is 0. The van der Waals surface area contributed by atoms with Crippen molar-refractivity contribution in [2.75, 3.05) is 4.90 Å². The normalized spacial score (nSPS) is 21.8. The average Bonchev–Trinajstić information content (AvgIpc) is 3.04. The smallest absolute Gasteiger partial charge is 0.190 e. The number of ketones is 2. The number of carbonyl (C=O) groups excluding carboxylic acids is 2. The molecule has 0 saturated heterocycles. The number of hydrogen-bond donors (Lipinski definition) is 0. The zero-order chi connectivity index (χ0) is 22.2. The van der Waals surface area contributed by atoms with Gasteiger partial charge in [0.2, 0.25) is 0 Å². The van der Waals surface area contributed by atoms with E-state index in [1.165, 1.54) is 11.1 Å². The first-order valence-corrected chi connectivity index (χ1v) is 11.0. The Morgan fingerprint density at radius 1 is 0.875 bits per heavy atom. The number of para-hydroxylation sites is 2. The van der Waals surface area contributed by atoms with Crippen molar-refractivity contribution in [3.8, 4) is 0 Å². The number of benzene rings is 2. The van der Waals surface area contributed by atoms with Crippen molar-refractivity contribution in [3.63, 3.8) is 0 Å². The second-order valence-electron chi connectivity index (χ2n) is 9.28. The van der Waals surface area contributed by atoms with E-state index in [9.17, 15) is 9.59 Å². The minimum absolute atomic E-state index is 0.0153. The Morgan fingerprint density at radius 3 is 2.16 bits per heavy atom. The third kappa shape index (κ3) is 2.31. The van der Waals surface area contributed by atoms with Gasteiger partial charge in [-0.1, -0.05) is 69.0 Å². The second kappa shape index (κ2) is 6.39. The first-order valence-electron chi connectivity index (χ1n) is 11.0. The molecule has 2 bridgehead atoms. The van der Waals surface area contributed by atoms with Gasteiger partial charge in [0.1, 0.15) is 0 Å². The first-order chi connectivity index (χ1) is 15.4. The molecule has 4 aliphatic rings. The van der Waals surface area contributed by atoms with E-state index in [-0.39, 0.29) is 17.0 Å². The lowest BCUT2D eigenvalue weighted by Crippen LogP contribution is -2.34. The van der Waals surface area contributed by atoms with Crippen molar-refractivity contribution in [1.29, 1.82) is 0 Å². The SMILES string of the molecule is C=C1C2=C/C=C\C(=O)C3=C(N4c5ccccc5C(C)(C)c5ccccc54)CCC(=C13)C2=O. The summed E-state index contributed by atoms with van der Waals surface area (Å²) in [6, 6.07) is 16.9. The Labute approximate surface area is 187 Å². The predicted octanol–water partition coefficient (Wildman–Crippen LogP) is 6.01. The van der Waals surface area contributed by atoms with Gasteiger partial charge in [-0.2, -0.15) is 0 Å². The molecule has 6 rings (SSSR count). The molecule has 0 amide bonds. The van der Waals surface area contributed by atoms with E-state index in [0.717, 1.165) is 28.2 Å². The van der Waals surface area contributed by atoms with E-state index in [1.807, 2.05) is 12.1 Å². The summed E-state index contributed by atoms with van der Waals surface area (Å²) in [7, 11) is 0. The molecule has 0 aromatic heterocycles. The summed E-state index contributed by atoms with van der Waals surface area (Å²) < 4.78 is 0. The monoisotopic (exact) mass is 417 g/mol. The lowest BCUT2D eigenvalue weighted by molar-refractivity contribution is -0.112.